The monoisotopic (exact) mass is 477 g/mol. The third kappa shape index (κ3) is 4.87. The first kappa shape index (κ1) is 21.9. The highest BCUT2D eigenvalue weighted by atomic mass is 32.1. The molecule has 1 aliphatic carbocycles. The van der Waals surface area contributed by atoms with Gasteiger partial charge in [-0.15, -0.1) is 11.3 Å². The highest BCUT2D eigenvalue weighted by molar-refractivity contribution is 7.14. The van der Waals surface area contributed by atoms with Gasteiger partial charge >= 0.3 is 6.09 Å². The van der Waals surface area contributed by atoms with Crippen molar-refractivity contribution in [2.24, 2.45) is 0 Å². The molecule has 5 rings (SSSR count). The molecule has 2 aromatic carbocycles. The minimum atomic E-state index is -0.598. The number of carbonyl (C=O) groups is 1. The zero-order valence-corrected chi connectivity index (χ0v) is 20.1. The maximum absolute atomic E-state index is 14.1. The lowest BCUT2D eigenvalue weighted by Crippen LogP contribution is -2.16. The van der Waals surface area contributed by atoms with Crippen molar-refractivity contribution >= 4 is 34.5 Å². The summed E-state index contributed by atoms with van der Waals surface area (Å²) in [6, 6.07) is 18.1. The molecule has 33 heavy (non-hydrogen) atoms. The Kier molecular flexibility index (Phi) is 6.04. The van der Waals surface area contributed by atoms with Gasteiger partial charge in [0.05, 0.1) is 10.6 Å². The summed E-state index contributed by atoms with van der Waals surface area (Å²) in [4.78, 5) is 13.2. The summed E-state index contributed by atoms with van der Waals surface area (Å²) < 4.78 is 19.7. The maximum Gasteiger partial charge on any atom is 0.412 e. The molecule has 0 saturated heterocycles. The number of anilines is 1. The fourth-order valence-corrected chi connectivity index (χ4v) is 5.77. The largest absolute Gasteiger partial charge is 0.441 e. The quantitative estimate of drug-likeness (QED) is 0.301. The molecule has 1 aliphatic rings. The summed E-state index contributed by atoms with van der Waals surface area (Å²) in [5.41, 5.74) is 7.00. The molecule has 1 amide bonds. The number of amides is 1. The second-order valence-corrected chi connectivity index (χ2v) is 10.2. The fraction of sp³-hybridized carbons (Fsp3) is 0.222. The van der Waals surface area contributed by atoms with Crippen molar-refractivity contribution in [3.05, 3.63) is 87.2 Å². The number of aryl methyl sites for hydroxylation is 1. The molecule has 2 heterocycles. The van der Waals surface area contributed by atoms with E-state index in [1.54, 1.807) is 11.3 Å². The topological polar surface area (TPSA) is 38.3 Å². The van der Waals surface area contributed by atoms with E-state index in [9.17, 15) is 9.18 Å². The molecular weight excluding hydrogens is 453 g/mol. The van der Waals surface area contributed by atoms with Gasteiger partial charge in [0.2, 0.25) is 0 Å². The van der Waals surface area contributed by atoms with E-state index in [0.29, 0.717) is 10.6 Å². The molecule has 6 heteroatoms. The number of thiophene rings is 2. The molecule has 1 N–H and O–H groups in total. The van der Waals surface area contributed by atoms with Crippen molar-refractivity contribution in [1.29, 1.82) is 0 Å². The van der Waals surface area contributed by atoms with Crippen LogP contribution in [0.4, 0.5) is 14.9 Å². The SMILES string of the molecule is Cc1cscc1[C@@H](C)OC(=O)Nc1cc(F)sc1-c1ccc(-c2ccc(C3CC3)cc2)cc1. The number of nitrogens with one attached hydrogen (secondary N) is 1. The Hall–Kier alpha value is -2.96. The van der Waals surface area contributed by atoms with Gasteiger partial charge in [-0.3, -0.25) is 5.32 Å². The molecule has 1 fully saturated rings. The molecule has 1 atom stereocenters. The van der Waals surface area contributed by atoms with Crippen molar-refractivity contribution in [3.8, 4) is 21.6 Å². The van der Waals surface area contributed by atoms with Crippen LogP contribution < -0.4 is 5.32 Å². The lowest BCUT2D eigenvalue weighted by Gasteiger charge is -2.14. The fourth-order valence-electron chi connectivity index (χ4n) is 4.00. The van der Waals surface area contributed by atoms with E-state index in [4.69, 9.17) is 4.74 Å². The molecule has 4 aromatic rings. The van der Waals surface area contributed by atoms with Crippen LogP contribution in [0.25, 0.3) is 21.6 Å². The summed E-state index contributed by atoms with van der Waals surface area (Å²) in [5, 5.41) is 6.36. The second kappa shape index (κ2) is 9.12. The Morgan fingerprint density at radius 1 is 1.03 bits per heavy atom. The first-order chi connectivity index (χ1) is 16.0. The van der Waals surface area contributed by atoms with E-state index in [1.807, 2.05) is 48.9 Å². The average molecular weight is 478 g/mol. The van der Waals surface area contributed by atoms with Crippen LogP contribution in [-0.2, 0) is 4.74 Å². The van der Waals surface area contributed by atoms with Crippen molar-refractivity contribution in [1.82, 2.24) is 0 Å². The average Bonchev–Trinajstić information content (AvgIpc) is 3.47. The van der Waals surface area contributed by atoms with Crippen molar-refractivity contribution in [2.75, 3.05) is 5.32 Å². The number of rotatable bonds is 6. The van der Waals surface area contributed by atoms with E-state index in [1.165, 1.54) is 24.5 Å². The van der Waals surface area contributed by atoms with Gasteiger partial charge in [-0.05, 0) is 71.2 Å². The maximum atomic E-state index is 14.1. The van der Waals surface area contributed by atoms with Gasteiger partial charge < -0.3 is 4.74 Å². The molecule has 1 saturated carbocycles. The first-order valence-corrected chi connectivity index (χ1v) is 12.7. The summed E-state index contributed by atoms with van der Waals surface area (Å²) in [7, 11) is 0. The minimum absolute atomic E-state index is 0.359. The van der Waals surface area contributed by atoms with Gasteiger partial charge in [0.25, 0.3) is 0 Å². The number of ether oxygens (including phenoxy) is 1. The van der Waals surface area contributed by atoms with Crippen molar-refractivity contribution < 1.29 is 13.9 Å². The summed E-state index contributed by atoms with van der Waals surface area (Å²) >= 11 is 2.58. The minimum Gasteiger partial charge on any atom is -0.441 e. The lowest BCUT2D eigenvalue weighted by atomic mass is 10.0. The van der Waals surface area contributed by atoms with Crippen LogP contribution in [0, 0.1) is 12.1 Å². The lowest BCUT2D eigenvalue weighted by molar-refractivity contribution is 0.121. The summed E-state index contributed by atoms with van der Waals surface area (Å²) in [5.74, 6) is 0.741. The van der Waals surface area contributed by atoms with Crippen LogP contribution >= 0.6 is 22.7 Å². The molecule has 2 aromatic heterocycles. The van der Waals surface area contributed by atoms with Gasteiger partial charge in [-0.25, -0.2) is 4.79 Å². The predicted octanol–water partition coefficient (Wildman–Crippen LogP) is 8.78. The molecule has 0 radical (unpaired) electrons. The van der Waals surface area contributed by atoms with E-state index in [2.05, 4.69) is 29.6 Å². The number of hydrogen-bond acceptors (Lipinski definition) is 4. The molecule has 3 nitrogen and oxygen atoms in total. The standard InChI is InChI=1S/C27H24FNO2S2/c1-16-14-32-15-23(16)17(2)31-27(30)29-24-13-25(28)33-26(24)22-11-9-21(10-12-22)20-7-5-19(6-8-20)18-3-4-18/h5-15,17-18H,3-4H2,1-2H3,(H,29,30)/t17-/m1/s1. The van der Waals surface area contributed by atoms with Gasteiger partial charge in [-0.1, -0.05) is 48.5 Å². The highest BCUT2D eigenvalue weighted by Gasteiger charge is 2.23. The zero-order valence-electron chi connectivity index (χ0n) is 18.4. The second-order valence-electron chi connectivity index (χ2n) is 8.45. The Morgan fingerprint density at radius 3 is 2.27 bits per heavy atom. The van der Waals surface area contributed by atoms with Gasteiger partial charge in [0.1, 0.15) is 6.10 Å². The molecule has 168 valence electrons. The number of carbonyl (C=O) groups excluding carboxylic acids is 1. The van der Waals surface area contributed by atoms with E-state index in [-0.39, 0.29) is 11.2 Å². The van der Waals surface area contributed by atoms with Gasteiger partial charge in [-0.2, -0.15) is 15.7 Å². The van der Waals surface area contributed by atoms with Crippen LogP contribution in [0.5, 0.6) is 0 Å². The molecular formula is C27H24FNO2S2. The van der Waals surface area contributed by atoms with Gasteiger partial charge in [0.15, 0.2) is 5.13 Å². The zero-order chi connectivity index (χ0) is 22.9. The Labute approximate surface area is 200 Å². The third-order valence-electron chi connectivity index (χ3n) is 6.00. The van der Waals surface area contributed by atoms with E-state index >= 15 is 0 Å². The van der Waals surface area contributed by atoms with Crippen LogP contribution in [0.1, 0.15) is 48.5 Å². The Balaban J connectivity index is 1.30. The Bertz CT molecular complexity index is 1270. The molecule has 0 unspecified atom stereocenters. The van der Waals surface area contributed by atoms with Crippen LogP contribution in [0.15, 0.2) is 65.4 Å². The summed E-state index contributed by atoms with van der Waals surface area (Å²) in [6.07, 6.45) is 1.61. The van der Waals surface area contributed by atoms with Crippen LogP contribution in [0.2, 0.25) is 0 Å². The highest BCUT2D eigenvalue weighted by Crippen LogP contribution is 2.41. The number of hydrogen-bond donors (Lipinski definition) is 1. The number of benzene rings is 2. The van der Waals surface area contributed by atoms with E-state index < -0.39 is 6.09 Å². The normalized spacial score (nSPS) is 14.2. The van der Waals surface area contributed by atoms with Crippen LogP contribution in [0.3, 0.4) is 0 Å². The Morgan fingerprint density at radius 2 is 1.67 bits per heavy atom. The van der Waals surface area contributed by atoms with E-state index in [0.717, 1.165) is 45.1 Å². The third-order valence-corrected chi connectivity index (χ3v) is 7.85. The van der Waals surface area contributed by atoms with Crippen LogP contribution in [-0.4, -0.2) is 6.09 Å². The van der Waals surface area contributed by atoms with Gasteiger partial charge in [0, 0.05) is 11.6 Å². The number of halogens is 1. The molecule has 0 spiro atoms. The molecule has 0 aliphatic heterocycles. The summed E-state index contributed by atoms with van der Waals surface area (Å²) in [6.45, 7) is 3.82. The van der Waals surface area contributed by atoms with Crippen molar-refractivity contribution in [2.45, 2.75) is 38.7 Å². The predicted molar refractivity (Wildman–Crippen MR) is 135 cm³/mol. The first-order valence-electron chi connectivity index (χ1n) is 11.0. The smallest absolute Gasteiger partial charge is 0.412 e. The molecule has 0 bridgehead atoms. The van der Waals surface area contributed by atoms with Crippen molar-refractivity contribution in [3.63, 3.8) is 0 Å².